The van der Waals surface area contributed by atoms with Crippen LogP contribution < -0.4 is 0 Å². The van der Waals surface area contributed by atoms with Crippen LogP contribution in [0.4, 0.5) is 0 Å². The fourth-order valence-corrected chi connectivity index (χ4v) is 3.02. The minimum Gasteiger partial charge on any atom is -0.396 e. The van der Waals surface area contributed by atoms with Crippen molar-refractivity contribution in [1.29, 1.82) is 0 Å². The molecule has 0 aromatic heterocycles. The maximum atomic E-state index is 9.18. The topological polar surface area (TPSA) is 23.5 Å². The molecule has 1 atom stereocenters. The summed E-state index contributed by atoms with van der Waals surface area (Å²) in [6, 6.07) is 0.845. The first-order valence-corrected chi connectivity index (χ1v) is 6.25. The van der Waals surface area contributed by atoms with Crippen molar-refractivity contribution in [3.63, 3.8) is 0 Å². The van der Waals surface area contributed by atoms with Gasteiger partial charge in [0.1, 0.15) is 0 Å². The molecule has 1 saturated heterocycles. The van der Waals surface area contributed by atoms with Gasteiger partial charge in [-0.05, 0) is 38.1 Å². The van der Waals surface area contributed by atoms with Crippen molar-refractivity contribution in [2.75, 3.05) is 19.7 Å². The summed E-state index contributed by atoms with van der Waals surface area (Å²) in [5.41, 5.74) is 0. The molecule has 2 fully saturated rings. The van der Waals surface area contributed by atoms with Crippen molar-refractivity contribution in [2.45, 2.75) is 51.0 Å². The van der Waals surface area contributed by atoms with Gasteiger partial charge in [-0.15, -0.1) is 0 Å². The molecule has 2 heteroatoms. The highest BCUT2D eigenvalue weighted by Crippen LogP contribution is 2.26. The molecule has 14 heavy (non-hydrogen) atoms. The fraction of sp³-hybridized carbons (Fsp3) is 1.00. The van der Waals surface area contributed by atoms with Crippen LogP contribution in [0.25, 0.3) is 0 Å². The highest BCUT2D eigenvalue weighted by Gasteiger charge is 2.26. The van der Waals surface area contributed by atoms with Gasteiger partial charge in [-0.2, -0.15) is 0 Å². The van der Waals surface area contributed by atoms with Gasteiger partial charge in [0, 0.05) is 19.2 Å². The summed E-state index contributed by atoms with van der Waals surface area (Å²) in [6.07, 6.45) is 9.61. The largest absolute Gasteiger partial charge is 0.396 e. The monoisotopic (exact) mass is 197 g/mol. The van der Waals surface area contributed by atoms with Gasteiger partial charge < -0.3 is 10.0 Å². The van der Waals surface area contributed by atoms with E-state index >= 15 is 0 Å². The van der Waals surface area contributed by atoms with Crippen LogP contribution in [0.15, 0.2) is 0 Å². The summed E-state index contributed by atoms with van der Waals surface area (Å²) in [5.74, 6) is 0.561. The maximum absolute atomic E-state index is 9.18. The van der Waals surface area contributed by atoms with Gasteiger partial charge in [0.05, 0.1) is 0 Å². The van der Waals surface area contributed by atoms with E-state index in [1.54, 1.807) is 0 Å². The third-order valence-corrected chi connectivity index (χ3v) is 3.90. The average Bonchev–Trinajstić information content (AvgIpc) is 2.30. The second kappa shape index (κ2) is 5.13. The van der Waals surface area contributed by atoms with E-state index in [0.717, 1.165) is 12.6 Å². The Labute approximate surface area is 87.3 Å². The van der Waals surface area contributed by atoms with E-state index in [1.807, 2.05) is 0 Å². The zero-order valence-electron chi connectivity index (χ0n) is 9.12. The Hall–Kier alpha value is -0.0800. The van der Waals surface area contributed by atoms with Crippen molar-refractivity contribution < 1.29 is 5.11 Å². The Morgan fingerprint density at radius 3 is 2.50 bits per heavy atom. The Bertz CT molecular complexity index is 166. The minimum absolute atomic E-state index is 0.392. The number of nitrogens with zero attached hydrogens (tertiary/aromatic N) is 1. The molecule has 2 rings (SSSR count). The van der Waals surface area contributed by atoms with Crippen molar-refractivity contribution >= 4 is 0 Å². The minimum atomic E-state index is 0.392. The van der Waals surface area contributed by atoms with E-state index in [4.69, 9.17) is 0 Å². The molecule has 2 nitrogen and oxygen atoms in total. The second-order valence-electron chi connectivity index (χ2n) is 4.98. The summed E-state index contributed by atoms with van der Waals surface area (Å²) in [4.78, 5) is 2.64. The summed E-state index contributed by atoms with van der Waals surface area (Å²) >= 11 is 0. The molecule has 0 spiro atoms. The van der Waals surface area contributed by atoms with E-state index in [0.29, 0.717) is 12.5 Å². The van der Waals surface area contributed by atoms with Crippen molar-refractivity contribution in [3.05, 3.63) is 0 Å². The smallest absolute Gasteiger partial charge is 0.0471 e. The highest BCUT2D eigenvalue weighted by molar-refractivity contribution is 4.81. The molecule has 0 radical (unpaired) electrons. The molecule has 0 bridgehead atoms. The summed E-state index contributed by atoms with van der Waals surface area (Å²) < 4.78 is 0. The van der Waals surface area contributed by atoms with Crippen molar-refractivity contribution in [1.82, 2.24) is 4.90 Å². The fourth-order valence-electron chi connectivity index (χ4n) is 3.02. The molecule has 0 unspecified atom stereocenters. The summed E-state index contributed by atoms with van der Waals surface area (Å²) in [6.45, 7) is 2.82. The predicted octanol–water partition coefficient (Wildman–Crippen LogP) is 2.02. The predicted molar refractivity (Wildman–Crippen MR) is 58.3 cm³/mol. The van der Waals surface area contributed by atoms with Gasteiger partial charge in [-0.25, -0.2) is 0 Å². The van der Waals surface area contributed by atoms with Crippen LogP contribution in [0.3, 0.4) is 0 Å². The van der Waals surface area contributed by atoms with Gasteiger partial charge in [-0.3, -0.25) is 0 Å². The number of aliphatic hydroxyl groups excluding tert-OH is 1. The lowest BCUT2D eigenvalue weighted by atomic mass is 9.90. The molecular weight excluding hydrogens is 174 g/mol. The number of aliphatic hydroxyl groups is 1. The number of piperidine rings is 1. The first-order chi connectivity index (χ1) is 6.90. The van der Waals surface area contributed by atoms with E-state index in [9.17, 15) is 5.11 Å². The SMILES string of the molecule is OC[C@H]1CCCN(C2CCCCC2)C1. The van der Waals surface area contributed by atoms with Gasteiger partial charge in [0.25, 0.3) is 0 Å². The Balaban J connectivity index is 1.83. The lowest BCUT2D eigenvalue weighted by Crippen LogP contribution is -2.44. The lowest BCUT2D eigenvalue weighted by molar-refractivity contribution is 0.0723. The Morgan fingerprint density at radius 2 is 1.79 bits per heavy atom. The summed E-state index contributed by atoms with van der Waals surface area (Å²) in [5, 5.41) is 9.18. The number of hydrogen-bond donors (Lipinski definition) is 1. The molecule has 1 aliphatic carbocycles. The van der Waals surface area contributed by atoms with Crippen LogP contribution in [0.1, 0.15) is 44.9 Å². The van der Waals surface area contributed by atoms with E-state index < -0.39 is 0 Å². The molecule has 1 saturated carbocycles. The molecule has 0 amide bonds. The summed E-state index contributed by atoms with van der Waals surface area (Å²) in [7, 11) is 0. The van der Waals surface area contributed by atoms with Gasteiger partial charge in [0.2, 0.25) is 0 Å². The first kappa shape index (κ1) is 10.4. The number of rotatable bonds is 2. The Kier molecular flexibility index (Phi) is 3.82. The van der Waals surface area contributed by atoms with E-state index in [-0.39, 0.29) is 0 Å². The number of hydrogen-bond acceptors (Lipinski definition) is 2. The van der Waals surface area contributed by atoms with Crippen LogP contribution >= 0.6 is 0 Å². The molecule has 1 N–H and O–H groups in total. The van der Waals surface area contributed by atoms with Crippen LogP contribution in [0.2, 0.25) is 0 Å². The van der Waals surface area contributed by atoms with E-state index in [1.165, 1.54) is 51.5 Å². The molecule has 0 aromatic rings. The van der Waals surface area contributed by atoms with Crippen LogP contribution in [0.5, 0.6) is 0 Å². The zero-order valence-corrected chi connectivity index (χ0v) is 9.12. The lowest BCUT2D eigenvalue weighted by Gasteiger charge is -2.39. The van der Waals surface area contributed by atoms with Crippen molar-refractivity contribution in [3.8, 4) is 0 Å². The molecule has 1 heterocycles. The molecule has 2 aliphatic rings. The highest BCUT2D eigenvalue weighted by atomic mass is 16.3. The van der Waals surface area contributed by atoms with Gasteiger partial charge in [0.15, 0.2) is 0 Å². The van der Waals surface area contributed by atoms with E-state index in [2.05, 4.69) is 4.90 Å². The van der Waals surface area contributed by atoms with Crippen LogP contribution in [0, 0.1) is 5.92 Å². The Morgan fingerprint density at radius 1 is 1.00 bits per heavy atom. The van der Waals surface area contributed by atoms with Gasteiger partial charge in [-0.1, -0.05) is 19.3 Å². The third kappa shape index (κ3) is 2.48. The average molecular weight is 197 g/mol. The molecular formula is C12H23NO. The zero-order chi connectivity index (χ0) is 9.80. The standard InChI is InChI=1S/C12H23NO/c14-10-11-5-4-8-13(9-11)12-6-2-1-3-7-12/h11-12,14H,1-10H2/t11-/m0/s1. The first-order valence-electron chi connectivity index (χ1n) is 6.25. The molecule has 1 aliphatic heterocycles. The normalized spacial score (nSPS) is 31.9. The van der Waals surface area contributed by atoms with Crippen LogP contribution in [-0.2, 0) is 0 Å². The molecule has 0 aromatic carbocycles. The van der Waals surface area contributed by atoms with Crippen molar-refractivity contribution in [2.24, 2.45) is 5.92 Å². The van der Waals surface area contributed by atoms with Gasteiger partial charge >= 0.3 is 0 Å². The third-order valence-electron chi connectivity index (χ3n) is 3.90. The number of likely N-dealkylation sites (tertiary alicyclic amines) is 1. The van der Waals surface area contributed by atoms with Crippen LogP contribution in [-0.4, -0.2) is 35.7 Å². The maximum Gasteiger partial charge on any atom is 0.0471 e. The molecule has 82 valence electrons. The second-order valence-corrected chi connectivity index (χ2v) is 4.98. The quantitative estimate of drug-likeness (QED) is 0.732.